The van der Waals surface area contributed by atoms with Gasteiger partial charge in [-0.2, -0.15) is 8.78 Å². The van der Waals surface area contributed by atoms with Crippen LogP contribution in [0.4, 0.5) is 8.78 Å². The number of methoxy groups -OCH3 is 3. The largest absolute Gasteiger partial charge is 0.493 e. The summed E-state index contributed by atoms with van der Waals surface area (Å²) in [5.74, 6) is 0.970. The SMILES string of the molecule is COc1cc(C(=O)NCCc2ccc(OC(F)F)cc2)cc(OC)c1OC. The highest BCUT2D eigenvalue weighted by Gasteiger charge is 2.16. The minimum absolute atomic E-state index is 0.0928. The highest BCUT2D eigenvalue weighted by Crippen LogP contribution is 2.38. The number of rotatable bonds is 9. The zero-order valence-electron chi connectivity index (χ0n) is 15.3. The Labute approximate surface area is 156 Å². The van der Waals surface area contributed by atoms with E-state index in [-0.39, 0.29) is 11.7 Å². The van der Waals surface area contributed by atoms with Gasteiger partial charge in [-0.25, -0.2) is 0 Å². The lowest BCUT2D eigenvalue weighted by Gasteiger charge is -2.14. The summed E-state index contributed by atoms with van der Waals surface area (Å²) in [4.78, 5) is 12.4. The Balaban J connectivity index is 1.97. The molecule has 1 N–H and O–H groups in total. The molecule has 0 bridgehead atoms. The van der Waals surface area contributed by atoms with E-state index in [4.69, 9.17) is 14.2 Å². The molecule has 0 aliphatic carbocycles. The van der Waals surface area contributed by atoms with Gasteiger partial charge in [0.2, 0.25) is 5.75 Å². The lowest BCUT2D eigenvalue weighted by molar-refractivity contribution is -0.0498. The van der Waals surface area contributed by atoms with Crippen molar-refractivity contribution in [1.82, 2.24) is 5.32 Å². The Morgan fingerprint density at radius 2 is 1.59 bits per heavy atom. The van der Waals surface area contributed by atoms with E-state index in [1.54, 1.807) is 24.3 Å². The summed E-state index contributed by atoms with van der Waals surface area (Å²) in [6, 6.07) is 9.39. The maximum Gasteiger partial charge on any atom is 0.387 e. The number of carbonyl (C=O) groups is 1. The van der Waals surface area contributed by atoms with Crippen LogP contribution >= 0.6 is 0 Å². The van der Waals surface area contributed by atoms with Gasteiger partial charge in [-0.15, -0.1) is 0 Å². The minimum Gasteiger partial charge on any atom is -0.493 e. The normalized spacial score (nSPS) is 10.4. The fraction of sp³-hybridized carbons (Fsp3) is 0.316. The van der Waals surface area contributed by atoms with Gasteiger partial charge in [-0.05, 0) is 36.2 Å². The van der Waals surface area contributed by atoms with Crippen LogP contribution in [0.3, 0.4) is 0 Å². The fourth-order valence-corrected chi connectivity index (χ4v) is 2.47. The Bertz CT molecular complexity index is 740. The zero-order chi connectivity index (χ0) is 19.8. The van der Waals surface area contributed by atoms with Crippen LogP contribution in [0.1, 0.15) is 15.9 Å². The molecule has 8 heteroatoms. The number of carbonyl (C=O) groups excluding carboxylic acids is 1. The Morgan fingerprint density at radius 1 is 1.00 bits per heavy atom. The molecule has 0 spiro atoms. The third kappa shape index (κ3) is 5.47. The van der Waals surface area contributed by atoms with Gasteiger partial charge in [0.1, 0.15) is 5.75 Å². The number of halogens is 2. The molecule has 2 rings (SSSR count). The Morgan fingerprint density at radius 3 is 2.07 bits per heavy atom. The van der Waals surface area contributed by atoms with Gasteiger partial charge in [-0.1, -0.05) is 12.1 Å². The lowest BCUT2D eigenvalue weighted by Crippen LogP contribution is -2.25. The van der Waals surface area contributed by atoms with E-state index < -0.39 is 6.61 Å². The van der Waals surface area contributed by atoms with Crippen molar-refractivity contribution < 1.29 is 32.5 Å². The average molecular weight is 381 g/mol. The average Bonchev–Trinajstić information content (AvgIpc) is 2.67. The first kappa shape index (κ1) is 20.3. The van der Waals surface area contributed by atoms with E-state index >= 15 is 0 Å². The van der Waals surface area contributed by atoms with Crippen molar-refractivity contribution in [1.29, 1.82) is 0 Å². The number of hydrogen-bond acceptors (Lipinski definition) is 5. The Hall–Kier alpha value is -3.03. The van der Waals surface area contributed by atoms with E-state index in [1.165, 1.54) is 33.5 Å². The van der Waals surface area contributed by atoms with Gasteiger partial charge in [-0.3, -0.25) is 4.79 Å². The second-order valence-electron chi connectivity index (χ2n) is 5.44. The van der Waals surface area contributed by atoms with E-state index in [9.17, 15) is 13.6 Å². The number of alkyl halides is 2. The molecule has 0 atom stereocenters. The third-order valence-corrected chi connectivity index (χ3v) is 3.77. The topological polar surface area (TPSA) is 66.0 Å². The van der Waals surface area contributed by atoms with Crippen LogP contribution in [-0.4, -0.2) is 40.4 Å². The number of hydrogen-bond donors (Lipinski definition) is 1. The van der Waals surface area contributed by atoms with Gasteiger partial charge in [0.15, 0.2) is 11.5 Å². The lowest BCUT2D eigenvalue weighted by atomic mass is 10.1. The molecule has 0 saturated heterocycles. The molecule has 1 amide bonds. The number of ether oxygens (including phenoxy) is 4. The molecule has 0 fully saturated rings. The van der Waals surface area contributed by atoms with E-state index in [1.807, 2.05) is 0 Å². The molecule has 0 aliphatic rings. The van der Waals surface area contributed by atoms with Crippen molar-refractivity contribution in [3.63, 3.8) is 0 Å². The van der Waals surface area contributed by atoms with Crippen molar-refractivity contribution in [2.45, 2.75) is 13.0 Å². The molecule has 0 unspecified atom stereocenters. The van der Waals surface area contributed by atoms with Crippen LogP contribution in [0.15, 0.2) is 36.4 Å². The van der Waals surface area contributed by atoms with E-state index in [0.29, 0.717) is 35.8 Å². The van der Waals surface area contributed by atoms with E-state index in [0.717, 1.165) is 5.56 Å². The smallest absolute Gasteiger partial charge is 0.387 e. The molecule has 0 heterocycles. The van der Waals surface area contributed by atoms with Crippen molar-refractivity contribution in [2.75, 3.05) is 27.9 Å². The standard InChI is InChI=1S/C19H21F2NO5/c1-24-15-10-13(11-16(25-2)17(15)26-3)18(23)22-9-8-12-4-6-14(7-5-12)27-19(20)21/h4-7,10-11,19H,8-9H2,1-3H3,(H,22,23). The molecular formula is C19H21F2NO5. The summed E-state index contributed by atoms with van der Waals surface area (Å²) in [7, 11) is 4.43. The Kier molecular flexibility index (Phi) is 7.22. The maximum atomic E-state index is 12.4. The summed E-state index contributed by atoms with van der Waals surface area (Å²) >= 11 is 0. The first-order valence-electron chi connectivity index (χ1n) is 8.10. The van der Waals surface area contributed by atoms with Crippen molar-refractivity contribution in [3.8, 4) is 23.0 Å². The highest BCUT2D eigenvalue weighted by atomic mass is 19.3. The van der Waals surface area contributed by atoms with Crippen LogP contribution in [-0.2, 0) is 6.42 Å². The first-order chi connectivity index (χ1) is 13.0. The number of amides is 1. The number of nitrogens with one attached hydrogen (secondary N) is 1. The van der Waals surface area contributed by atoms with Crippen molar-refractivity contribution in [2.24, 2.45) is 0 Å². The molecule has 0 aromatic heterocycles. The summed E-state index contributed by atoms with van der Waals surface area (Å²) in [5.41, 5.74) is 1.24. The molecular weight excluding hydrogens is 360 g/mol. The van der Waals surface area contributed by atoms with Crippen LogP contribution < -0.4 is 24.3 Å². The predicted molar refractivity (Wildman–Crippen MR) is 95.2 cm³/mol. The van der Waals surface area contributed by atoms with Crippen molar-refractivity contribution in [3.05, 3.63) is 47.5 Å². The van der Waals surface area contributed by atoms with Gasteiger partial charge < -0.3 is 24.3 Å². The fourth-order valence-electron chi connectivity index (χ4n) is 2.47. The van der Waals surface area contributed by atoms with Crippen LogP contribution in [0.5, 0.6) is 23.0 Å². The van der Waals surface area contributed by atoms with Crippen LogP contribution in [0.25, 0.3) is 0 Å². The van der Waals surface area contributed by atoms with Crippen LogP contribution in [0, 0.1) is 0 Å². The summed E-state index contributed by atoms with van der Waals surface area (Å²) in [6.07, 6.45) is 0.533. The number of benzene rings is 2. The second-order valence-corrected chi connectivity index (χ2v) is 5.44. The molecule has 6 nitrogen and oxygen atoms in total. The molecule has 2 aromatic carbocycles. The van der Waals surface area contributed by atoms with Gasteiger partial charge in [0, 0.05) is 12.1 Å². The molecule has 2 aromatic rings. The molecule has 0 aliphatic heterocycles. The summed E-state index contributed by atoms with van der Waals surface area (Å²) < 4.78 is 44.3. The zero-order valence-corrected chi connectivity index (χ0v) is 15.3. The second kappa shape index (κ2) is 9.61. The molecule has 0 saturated carbocycles. The quantitative estimate of drug-likeness (QED) is 0.722. The minimum atomic E-state index is -2.85. The predicted octanol–water partition coefficient (Wildman–Crippen LogP) is 3.29. The molecule has 0 radical (unpaired) electrons. The first-order valence-corrected chi connectivity index (χ1v) is 8.10. The highest BCUT2D eigenvalue weighted by molar-refractivity contribution is 5.95. The van der Waals surface area contributed by atoms with Gasteiger partial charge >= 0.3 is 6.61 Å². The monoisotopic (exact) mass is 381 g/mol. The molecule has 27 heavy (non-hydrogen) atoms. The van der Waals surface area contributed by atoms with Gasteiger partial charge in [0.25, 0.3) is 5.91 Å². The summed E-state index contributed by atoms with van der Waals surface area (Å²) in [5, 5.41) is 2.79. The summed E-state index contributed by atoms with van der Waals surface area (Å²) in [6.45, 7) is -2.49. The van der Waals surface area contributed by atoms with Crippen molar-refractivity contribution >= 4 is 5.91 Å². The van der Waals surface area contributed by atoms with Gasteiger partial charge in [0.05, 0.1) is 21.3 Å². The van der Waals surface area contributed by atoms with Crippen LogP contribution in [0.2, 0.25) is 0 Å². The van der Waals surface area contributed by atoms with E-state index in [2.05, 4.69) is 10.1 Å². The molecule has 146 valence electrons. The maximum absolute atomic E-state index is 12.4. The third-order valence-electron chi connectivity index (χ3n) is 3.77.